The Morgan fingerprint density at radius 2 is 2.04 bits per heavy atom. The summed E-state index contributed by atoms with van der Waals surface area (Å²) in [7, 11) is -3.34. The minimum Gasteiger partial charge on any atom is -0.481 e. The van der Waals surface area contributed by atoms with Gasteiger partial charge >= 0.3 is 5.97 Å². The molecule has 1 atom stereocenters. The monoisotopic (exact) mass is 401 g/mol. The quantitative estimate of drug-likeness (QED) is 0.573. The van der Waals surface area contributed by atoms with Crippen molar-refractivity contribution in [3.63, 3.8) is 0 Å². The van der Waals surface area contributed by atoms with Crippen LogP contribution < -0.4 is 4.72 Å². The van der Waals surface area contributed by atoms with E-state index in [1.54, 1.807) is 6.20 Å². The summed E-state index contributed by atoms with van der Waals surface area (Å²) in [6.07, 6.45) is 7.52. The van der Waals surface area contributed by atoms with E-state index in [4.69, 9.17) is 0 Å². The molecule has 28 heavy (non-hydrogen) atoms. The Morgan fingerprint density at radius 1 is 1.25 bits per heavy atom. The molecule has 2 heterocycles. The fourth-order valence-electron chi connectivity index (χ4n) is 3.29. The van der Waals surface area contributed by atoms with Crippen LogP contribution in [-0.2, 0) is 27.8 Å². The molecule has 7 nitrogen and oxygen atoms in total. The topological polar surface area (TPSA) is 101 Å². The fourth-order valence-corrected chi connectivity index (χ4v) is 3.77. The molecule has 0 aliphatic carbocycles. The van der Waals surface area contributed by atoms with Gasteiger partial charge in [0.05, 0.1) is 12.2 Å². The first-order chi connectivity index (χ1) is 13.3. The highest BCUT2D eigenvalue weighted by molar-refractivity contribution is 7.88. The molecular formula is C20H23N3O4S. The molecule has 8 heteroatoms. The van der Waals surface area contributed by atoms with E-state index in [1.165, 1.54) is 0 Å². The van der Waals surface area contributed by atoms with Gasteiger partial charge < -0.3 is 9.67 Å². The zero-order valence-corrected chi connectivity index (χ0v) is 16.4. The highest BCUT2D eigenvalue weighted by Gasteiger charge is 2.20. The van der Waals surface area contributed by atoms with Crippen molar-refractivity contribution in [3.8, 4) is 0 Å². The number of carbonyl (C=O) groups is 1. The van der Waals surface area contributed by atoms with Crippen molar-refractivity contribution in [1.82, 2.24) is 14.3 Å². The van der Waals surface area contributed by atoms with Crippen molar-refractivity contribution in [1.29, 1.82) is 0 Å². The summed E-state index contributed by atoms with van der Waals surface area (Å²) >= 11 is 0. The van der Waals surface area contributed by atoms with Gasteiger partial charge in [0.15, 0.2) is 0 Å². The Morgan fingerprint density at radius 3 is 2.71 bits per heavy atom. The Balaban J connectivity index is 1.84. The largest absolute Gasteiger partial charge is 0.481 e. The number of fused-ring (bicyclic) bond motifs is 1. The van der Waals surface area contributed by atoms with Crippen molar-refractivity contribution in [2.45, 2.75) is 19.4 Å². The first-order valence-electron chi connectivity index (χ1n) is 8.96. The summed E-state index contributed by atoms with van der Waals surface area (Å²) in [4.78, 5) is 15.8. The Bertz CT molecular complexity index is 1060. The van der Waals surface area contributed by atoms with Crippen molar-refractivity contribution in [2.24, 2.45) is 5.92 Å². The van der Waals surface area contributed by atoms with Crippen LogP contribution in [0.3, 0.4) is 0 Å². The molecule has 0 saturated heterocycles. The van der Waals surface area contributed by atoms with Crippen LogP contribution in [0.15, 0.2) is 55.0 Å². The summed E-state index contributed by atoms with van der Waals surface area (Å²) in [5, 5.41) is 10.7. The second-order valence-electron chi connectivity index (χ2n) is 6.85. The minimum absolute atomic E-state index is 0.0948. The van der Waals surface area contributed by atoms with Gasteiger partial charge in [0, 0.05) is 49.0 Å². The summed E-state index contributed by atoms with van der Waals surface area (Å²) in [6, 6.07) is 11.8. The van der Waals surface area contributed by atoms with E-state index in [0.29, 0.717) is 6.42 Å². The molecule has 3 rings (SSSR count). The summed E-state index contributed by atoms with van der Waals surface area (Å²) in [6.45, 7) is 0.367. The lowest BCUT2D eigenvalue weighted by atomic mass is 10.1. The van der Waals surface area contributed by atoms with Crippen LogP contribution in [0.2, 0.25) is 0 Å². The lowest BCUT2D eigenvalue weighted by Gasteiger charge is -2.14. The van der Waals surface area contributed by atoms with E-state index in [0.717, 1.165) is 28.3 Å². The number of rotatable bonds is 9. The molecule has 0 amide bonds. The molecule has 1 unspecified atom stereocenters. The van der Waals surface area contributed by atoms with Gasteiger partial charge in [-0.05, 0) is 29.7 Å². The van der Waals surface area contributed by atoms with Crippen LogP contribution in [0.25, 0.3) is 10.9 Å². The number of benzene rings is 1. The standard InChI is InChI=1S/C20H23N3O4S/c1-28(26,27)22-10-8-16(20(24)25)13-23-14-17(11-15-5-4-9-21-12-15)18-6-2-3-7-19(18)23/h2-7,9,12,14,16,22H,8,10-11,13H2,1H3,(H,24,25). The van der Waals surface area contributed by atoms with E-state index in [9.17, 15) is 18.3 Å². The van der Waals surface area contributed by atoms with E-state index < -0.39 is 21.9 Å². The second kappa shape index (κ2) is 8.53. The number of nitrogens with one attached hydrogen (secondary N) is 1. The molecule has 0 aliphatic heterocycles. The number of carboxylic acids is 1. The predicted octanol–water partition coefficient (Wildman–Crippen LogP) is 2.27. The van der Waals surface area contributed by atoms with Crippen LogP contribution in [0, 0.1) is 5.92 Å². The zero-order chi connectivity index (χ0) is 20.1. The molecule has 2 aromatic heterocycles. The van der Waals surface area contributed by atoms with Crippen molar-refractivity contribution in [2.75, 3.05) is 12.8 Å². The van der Waals surface area contributed by atoms with Gasteiger partial charge in [-0.3, -0.25) is 9.78 Å². The smallest absolute Gasteiger partial charge is 0.308 e. The van der Waals surface area contributed by atoms with E-state index >= 15 is 0 Å². The van der Waals surface area contributed by atoms with Crippen molar-refractivity contribution >= 4 is 26.9 Å². The lowest BCUT2D eigenvalue weighted by molar-refractivity contribution is -0.142. The number of para-hydroxylation sites is 1. The van der Waals surface area contributed by atoms with Crippen LogP contribution in [0.4, 0.5) is 0 Å². The number of hydrogen-bond acceptors (Lipinski definition) is 4. The molecule has 2 N–H and O–H groups in total. The van der Waals surface area contributed by atoms with E-state index in [1.807, 2.05) is 53.4 Å². The Hall–Kier alpha value is -2.71. The van der Waals surface area contributed by atoms with E-state index in [-0.39, 0.29) is 19.5 Å². The van der Waals surface area contributed by atoms with Crippen LogP contribution in [0.1, 0.15) is 17.5 Å². The third-order valence-corrected chi connectivity index (χ3v) is 5.34. The fraction of sp³-hybridized carbons (Fsp3) is 0.300. The predicted molar refractivity (Wildman–Crippen MR) is 108 cm³/mol. The van der Waals surface area contributed by atoms with Gasteiger partial charge in [-0.15, -0.1) is 0 Å². The number of carboxylic acid groups (broad SMARTS) is 1. The maximum absolute atomic E-state index is 11.7. The van der Waals surface area contributed by atoms with Gasteiger partial charge in [0.25, 0.3) is 0 Å². The first kappa shape index (κ1) is 20.0. The average molecular weight is 401 g/mol. The Kier molecular flexibility index (Phi) is 6.11. The number of aromatic nitrogens is 2. The highest BCUT2D eigenvalue weighted by atomic mass is 32.2. The Labute approximate surface area is 164 Å². The molecule has 0 radical (unpaired) electrons. The van der Waals surface area contributed by atoms with Crippen LogP contribution in [0.5, 0.6) is 0 Å². The number of sulfonamides is 1. The molecule has 3 aromatic rings. The van der Waals surface area contributed by atoms with E-state index in [2.05, 4.69) is 9.71 Å². The molecule has 1 aromatic carbocycles. The molecular weight excluding hydrogens is 378 g/mol. The molecule has 0 aliphatic rings. The van der Waals surface area contributed by atoms with Gasteiger partial charge in [0.2, 0.25) is 10.0 Å². The highest BCUT2D eigenvalue weighted by Crippen LogP contribution is 2.25. The zero-order valence-electron chi connectivity index (χ0n) is 15.6. The first-order valence-corrected chi connectivity index (χ1v) is 10.9. The molecule has 0 fully saturated rings. The molecule has 0 saturated carbocycles. The maximum Gasteiger partial charge on any atom is 0.308 e. The van der Waals surface area contributed by atoms with Crippen molar-refractivity contribution in [3.05, 3.63) is 66.1 Å². The van der Waals surface area contributed by atoms with Gasteiger partial charge in [-0.2, -0.15) is 0 Å². The average Bonchev–Trinajstić information content (AvgIpc) is 2.98. The van der Waals surface area contributed by atoms with Crippen LogP contribution in [-0.4, -0.2) is 41.8 Å². The van der Waals surface area contributed by atoms with Crippen molar-refractivity contribution < 1.29 is 18.3 Å². The third kappa shape index (κ3) is 5.17. The molecule has 0 bridgehead atoms. The SMILES string of the molecule is CS(=O)(=O)NCCC(Cn1cc(Cc2cccnc2)c2ccccc21)C(=O)O. The van der Waals surface area contributed by atoms with Gasteiger partial charge in [-0.1, -0.05) is 24.3 Å². The third-order valence-electron chi connectivity index (χ3n) is 4.61. The number of nitrogens with zero attached hydrogens (tertiary/aromatic N) is 2. The number of aliphatic carboxylic acids is 1. The normalized spacial score (nSPS) is 12.9. The molecule has 0 spiro atoms. The molecule has 148 valence electrons. The summed E-state index contributed by atoms with van der Waals surface area (Å²) in [5.41, 5.74) is 3.14. The minimum atomic E-state index is -3.34. The summed E-state index contributed by atoms with van der Waals surface area (Å²) in [5.74, 6) is -1.64. The maximum atomic E-state index is 11.7. The van der Waals surface area contributed by atoms with Gasteiger partial charge in [-0.25, -0.2) is 13.1 Å². The second-order valence-corrected chi connectivity index (χ2v) is 8.69. The van der Waals surface area contributed by atoms with Crippen LogP contribution >= 0.6 is 0 Å². The lowest BCUT2D eigenvalue weighted by Crippen LogP contribution is -2.28. The summed E-state index contributed by atoms with van der Waals surface area (Å²) < 4.78 is 26.8. The number of pyridine rings is 1. The number of hydrogen-bond donors (Lipinski definition) is 2. The van der Waals surface area contributed by atoms with Gasteiger partial charge in [0.1, 0.15) is 0 Å².